The topological polar surface area (TPSA) is 91.0 Å². The standard InChI is InChI=1S/C23H12Cl2I2N2O5/c24-14-3-1-12(2-4-14)11-33-21-18(26)7-13(8-19(21)27)9-20-23(30)34-22(28-20)16-10-15(29(31)32)5-6-17(16)25/h1-10H,11H2/b20-9-. The summed E-state index contributed by atoms with van der Waals surface area (Å²) in [4.78, 5) is 27.1. The van der Waals surface area contributed by atoms with Crippen LogP contribution in [-0.4, -0.2) is 16.8 Å². The lowest BCUT2D eigenvalue weighted by Crippen LogP contribution is -2.06. The lowest BCUT2D eigenvalue weighted by Gasteiger charge is -2.11. The number of benzene rings is 3. The molecule has 1 aliphatic heterocycles. The van der Waals surface area contributed by atoms with Crippen LogP contribution >= 0.6 is 68.4 Å². The number of nitro benzene ring substituents is 1. The van der Waals surface area contributed by atoms with Gasteiger partial charge >= 0.3 is 5.97 Å². The molecule has 0 aliphatic carbocycles. The van der Waals surface area contributed by atoms with Gasteiger partial charge in [0.15, 0.2) is 5.70 Å². The number of rotatable bonds is 6. The van der Waals surface area contributed by atoms with E-state index < -0.39 is 10.9 Å². The molecular formula is C23H12Cl2I2N2O5. The lowest BCUT2D eigenvalue weighted by atomic mass is 10.2. The van der Waals surface area contributed by atoms with E-state index in [1.165, 1.54) is 18.2 Å². The Balaban J connectivity index is 1.58. The Hall–Kier alpha value is -2.22. The van der Waals surface area contributed by atoms with Crippen LogP contribution in [0.3, 0.4) is 0 Å². The predicted molar refractivity (Wildman–Crippen MR) is 146 cm³/mol. The number of halogens is 4. The molecule has 0 atom stereocenters. The molecular weight excluding hydrogens is 709 g/mol. The van der Waals surface area contributed by atoms with Gasteiger partial charge in [-0.3, -0.25) is 10.1 Å². The third-order valence-electron chi connectivity index (χ3n) is 4.63. The molecule has 4 rings (SSSR count). The van der Waals surface area contributed by atoms with Crippen molar-refractivity contribution in [3.05, 3.63) is 104 Å². The Kier molecular flexibility index (Phi) is 7.75. The highest BCUT2D eigenvalue weighted by Crippen LogP contribution is 2.32. The molecule has 0 N–H and O–H groups in total. The molecule has 0 fully saturated rings. The van der Waals surface area contributed by atoms with Gasteiger partial charge in [-0.15, -0.1) is 0 Å². The van der Waals surface area contributed by atoms with Crippen LogP contribution in [0.25, 0.3) is 6.08 Å². The number of ether oxygens (including phenoxy) is 2. The van der Waals surface area contributed by atoms with E-state index in [2.05, 4.69) is 50.2 Å². The average Bonchev–Trinajstić information content (AvgIpc) is 3.14. The molecule has 0 unspecified atom stereocenters. The molecule has 1 heterocycles. The predicted octanol–water partition coefficient (Wildman–Crippen LogP) is 7.03. The van der Waals surface area contributed by atoms with Crippen LogP contribution in [0.4, 0.5) is 5.69 Å². The molecule has 1 aliphatic rings. The number of hydrogen-bond acceptors (Lipinski definition) is 6. The van der Waals surface area contributed by atoms with Crippen molar-refractivity contribution in [1.29, 1.82) is 0 Å². The van der Waals surface area contributed by atoms with Crippen LogP contribution in [-0.2, 0) is 16.1 Å². The number of esters is 1. The first-order chi connectivity index (χ1) is 16.2. The summed E-state index contributed by atoms with van der Waals surface area (Å²) < 4.78 is 12.9. The number of carbonyl (C=O) groups excluding carboxylic acids is 1. The van der Waals surface area contributed by atoms with E-state index in [0.717, 1.165) is 24.0 Å². The first kappa shape index (κ1) is 24.9. The van der Waals surface area contributed by atoms with Gasteiger partial charge in [0.2, 0.25) is 5.90 Å². The van der Waals surface area contributed by atoms with Crippen LogP contribution in [0.2, 0.25) is 10.0 Å². The highest BCUT2D eigenvalue weighted by molar-refractivity contribution is 14.1. The number of nitrogens with zero attached hydrogens (tertiary/aromatic N) is 2. The molecule has 0 spiro atoms. The van der Waals surface area contributed by atoms with Gasteiger partial charge in [0, 0.05) is 17.2 Å². The summed E-state index contributed by atoms with van der Waals surface area (Å²) >= 11 is 16.4. The fourth-order valence-electron chi connectivity index (χ4n) is 3.01. The number of carbonyl (C=O) groups is 1. The van der Waals surface area contributed by atoms with Crippen LogP contribution in [0.15, 0.2) is 65.3 Å². The quantitative estimate of drug-likeness (QED) is 0.0897. The first-order valence-electron chi connectivity index (χ1n) is 9.54. The van der Waals surface area contributed by atoms with Crippen molar-refractivity contribution >= 4 is 92.0 Å². The summed E-state index contributed by atoms with van der Waals surface area (Å²) in [6.07, 6.45) is 1.58. The van der Waals surface area contributed by atoms with Gasteiger partial charge in [-0.1, -0.05) is 35.3 Å². The minimum atomic E-state index is -0.675. The molecule has 0 saturated heterocycles. The molecule has 0 saturated carbocycles. The Morgan fingerprint density at radius 2 is 1.74 bits per heavy atom. The largest absolute Gasteiger partial charge is 0.487 e. The van der Waals surface area contributed by atoms with Crippen molar-refractivity contribution in [2.24, 2.45) is 4.99 Å². The van der Waals surface area contributed by atoms with Crippen molar-refractivity contribution in [3.8, 4) is 5.75 Å². The normalized spacial score (nSPS) is 14.2. The summed E-state index contributed by atoms with van der Waals surface area (Å²) in [5.74, 6) is -0.0391. The highest BCUT2D eigenvalue weighted by Gasteiger charge is 2.27. The number of nitro groups is 1. The zero-order chi connectivity index (χ0) is 24.4. The van der Waals surface area contributed by atoms with Crippen molar-refractivity contribution in [2.75, 3.05) is 0 Å². The third-order valence-corrected chi connectivity index (χ3v) is 6.82. The minimum Gasteiger partial charge on any atom is -0.487 e. The molecule has 0 radical (unpaired) electrons. The van der Waals surface area contributed by atoms with Crippen LogP contribution in [0, 0.1) is 17.3 Å². The van der Waals surface area contributed by atoms with Gasteiger partial charge in [0.25, 0.3) is 5.69 Å². The van der Waals surface area contributed by atoms with E-state index in [-0.39, 0.29) is 27.9 Å². The van der Waals surface area contributed by atoms with Crippen molar-refractivity contribution < 1.29 is 19.2 Å². The molecule has 11 heteroatoms. The summed E-state index contributed by atoms with van der Waals surface area (Å²) in [6, 6.07) is 15.0. The first-order valence-corrected chi connectivity index (χ1v) is 12.5. The Bertz CT molecular complexity index is 1350. The second-order valence-corrected chi connectivity index (χ2v) is 10.2. The molecule has 172 valence electrons. The maximum atomic E-state index is 12.4. The van der Waals surface area contributed by atoms with E-state index in [1.807, 2.05) is 36.4 Å². The zero-order valence-electron chi connectivity index (χ0n) is 16.9. The molecule has 7 nitrogen and oxygen atoms in total. The van der Waals surface area contributed by atoms with E-state index in [1.54, 1.807) is 6.08 Å². The smallest absolute Gasteiger partial charge is 0.363 e. The molecule has 3 aromatic rings. The summed E-state index contributed by atoms with van der Waals surface area (Å²) in [5.41, 5.74) is 1.74. The monoisotopic (exact) mass is 720 g/mol. The van der Waals surface area contributed by atoms with Gasteiger partial charge in [0.1, 0.15) is 12.4 Å². The molecule has 0 aromatic heterocycles. The number of aliphatic imine (C=N–C) groups is 1. The fraction of sp³-hybridized carbons (Fsp3) is 0.0435. The van der Waals surface area contributed by atoms with E-state index in [4.69, 9.17) is 32.7 Å². The fourth-order valence-corrected chi connectivity index (χ4v) is 5.46. The molecule has 0 bridgehead atoms. The number of cyclic esters (lactones) is 1. The van der Waals surface area contributed by atoms with Crippen molar-refractivity contribution in [1.82, 2.24) is 0 Å². The SMILES string of the molecule is O=C1OC(c2cc([N+](=O)[O-])ccc2Cl)=N/C1=C\c1cc(I)c(OCc2ccc(Cl)cc2)c(I)c1. The third kappa shape index (κ3) is 5.70. The van der Waals surface area contributed by atoms with Crippen LogP contribution in [0.5, 0.6) is 5.75 Å². The molecule has 3 aromatic carbocycles. The summed E-state index contributed by atoms with van der Waals surface area (Å²) in [6.45, 7) is 0.382. The van der Waals surface area contributed by atoms with Gasteiger partial charge in [-0.2, -0.15) is 0 Å². The van der Waals surface area contributed by atoms with E-state index >= 15 is 0 Å². The van der Waals surface area contributed by atoms with Crippen molar-refractivity contribution in [3.63, 3.8) is 0 Å². The van der Waals surface area contributed by atoms with Crippen LogP contribution < -0.4 is 4.74 Å². The minimum absolute atomic E-state index is 0.0546. The Labute approximate surface area is 231 Å². The summed E-state index contributed by atoms with van der Waals surface area (Å²) in [5, 5.41) is 11.9. The van der Waals surface area contributed by atoms with Gasteiger partial charge < -0.3 is 9.47 Å². The Morgan fingerprint density at radius 1 is 1.06 bits per heavy atom. The molecule has 0 amide bonds. The number of non-ortho nitro benzene ring substituents is 1. The van der Waals surface area contributed by atoms with Gasteiger partial charge in [-0.05, 0) is 92.7 Å². The Morgan fingerprint density at radius 3 is 2.38 bits per heavy atom. The van der Waals surface area contributed by atoms with Crippen LogP contribution in [0.1, 0.15) is 16.7 Å². The zero-order valence-corrected chi connectivity index (χ0v) is 22.8. The lowest BCUT2D eigenvalue weighted by molar-refractivity contribution is -0.384. The second kappa shape index (κ2) is 10.6. The highest BCUT2D eigenvalue weighted by atomic mass is 127. The van der Waals surface area contributed by atoms with Gasteiger partial charge in [0.05, 0.1) is 22.6 Å². The van der Waals surface area contributed by atoms with E-state index in [9.17, 15) is 14.9 Å². The maximum Gasteiger partial charge on any atom is 0.363 e. The molecule has 34 heavy (non-hydrogen) atoms. The second-order valence-electron chi connectivity index (χ2n) is 6.99. The van der Waals surface area contributed by atoms with Crippen molar-refractivity contribution in [2.45, 2.75) is 6.61 Å². The average molecular weight is 721 g/mol. The maximum absolute atomic E-state index is 12.4. The van der Waals surface area contributed by atoms with E-state index in [0.29, 0.717) is 11.6 Å². The van der Waals surface area contributed by atoms with Gasteiger partial charge in [-0.25, -0.2) is 9.79 Å². The summed E-state index contributed by atoms with van der Waals surface area (Å²) in [7, 11) is 0. The number of hydrogen-bond donors (Lipinski definition) is 0.